The number of carboxylic acid groups (broad SMARTS) is 1. The number of thioether (sulfide) groups is 1. The number of hydrogen-bond donors (Lipinski definition) is 4. The van der Waals surface area contributed by atoms with Crippen LogP contribution in [0.5, 0.6) is 0 Å². The third kappa shape index (κ3) is 4.42. The number of nitrogens with zero attached hydrogens (tertiary/aromatic N) is 1. The maximum Gasteiger partial charge on any atom is 0.330 e. The van der Waals surface area contributed by atoms with E-state index < -0.39 is 47.2 Å². The van der Waals surface area contributed by atoms with E-state index >= 15 is 0 Å². The summed E-state index contributed by atoms with van der Waals surface area (Å²) in [4.78, 5) is 51.9. The Kier molecular flexibility index (Phi) is 6.71. The molecule has 2 aromatic rings. The van der Waals surface area contributed by atoms with Crippen molar-refractivity contribution in [2.24, 2.45) is 5.73 Å². The first-order valence-electron chi connectivity index (χ1n) is 10.6. The van der Waals surface area contributed by atoms with Crippen LogP contribution in [0.4, 0.5) is 0 Å². The number of carbonyl (C=O) groups is 4. The number of benzene rings is 2. The summed E-state index contributed by atoms with van der Waals surface area (Å²) in [5.74, 6) is -2.34. The highest BCUT2D eigenvalue weighted by atomic mass is 32.2. The van der Waals surface area contributed by atoms with Crippen molar-refractivity contribution in [1.82, 2.24) is 15.5 Å². The number of fused-ring (bicyclic) bond motifs is 1. The molecule has 0 unspecified atom stereocenters. The predicted molar refractivity (Wildman–Crippen MR) is 126 cm³/mol. The minimum Gasteiger partial charge on any atom is -0.479 e. The van der Waals surface area contributed by atoms with Crippen LogP contribution in [0.1, 0.15) is 30.1 Å². The average molecular weight is 481 g/mol. The molecule has 2 aliphatic rings. The van der Waals surface area contributed by atoms with Crippen LogP contribution in [0, 0.1) is 0 Å². The molecule has 0 saturated carbocycles. The smallest absolute Gasteiger partial charge is 0.330 e. The first-order chi connectivity index (χ1) is 16.3. The Morgan fingerprint density at radius 3 is 2.24 bits per heavy atom. The normalized spacial score (nSPS) is 21.1. The maximum atomic E-state index is 13.1. The van der Waals surface area contributed by atoms with Gasteiger partial charge in [0.2, 0.25) is 5.91 Å². The van der Waals surface area contributed by atoms with Gasteiger partial charge < -0.3 is 21.5 Å². The molecule has 10 heteroatoms. The van der Waals surface area contributed by atoms with Gasteiger partial charge in [-0.25, -0.2) is 4.79 Å². The van der Waals surface area contributed by atoms with Crippen molar-refractivity contribution in [1.29, 1.82) is 0 Å². The molecule has 1 saturated heterocycles. The standard InChI is InChI=1S/C24H24N4O5S/c1-13-12-34-23-18(27-20(29)16(25)14-8-4-2-5-9-14)22(31)28(23)19(13)21(30)26-17(24(32)33)15-10-6-3-7-11-15/h2-11,16-18,23H,12,25H2,1H3,(H,26,30)(H,27,29)(H,32,33)/t16-,17-,18-,23-/m1/s1. The highest BCUT2D eigenvalue weighted by molar-refractivity contribution is 8.00. The maximum absolute atomic E-state index is 13.1. The van der Waals surface area contributed by atoms with Crippen molar-refractivity contribution < 1.29 is 24.3 Å². The van der Waals surface area contributed by atoms with Gasteiger partial charge in [-0.1, -0.05) is 60.7 Å². The Balaban J connectivity index is 1.48. The molecule has 0 radical (unpaired) electrons. The molecule has 4 rings (SSSR count). The molecule has 9 nitrogen and oxygen atoms in total. The van der Waals surface area contributed by atoms with Crippen LogP contribution in [0.15, 0.2) is 71.9 Å². The summed E-state index contributed by atoms with van der Waals surface area (Å²) in [6.07, 6.45) is 0. The van der Waals surface area contributed by atoms with Crippen molar-refractivity contribution in [3.8, 4) is 0 Å². The molecule has 0 spiro atoms. The number of carbonyl (C=O) groups excluding carboxylic acids is 3. The molecular weight excluding hydrogens is 456 g/mol. The molecule has 2 heterocycles. The van der Waals surface area contributed by atoms with E-state index in [1.807, 2.05) is 6.07 Å². The molecule has 4 atom stereocenters. The number of nitrogens with two attached hydrogens (primary N) is 1. The van der Waals surface area contributed by atoms with E-state index in [0.717, 1.165) is 0 Å². The van der Waals surface area contributed by atoms with Crippen molar-refractivity contribution in [3.05, 3.63) is 83.1 Å². The monoisotopic (exact) mass is 480 g/mol. The third-order valence-corrected chi connectivity index (χ3v) is 7.19. The van der Waals surface area contributed by atoms with Crippen LogP contribution in [-0.4, -0.2) is 50.9 Å². The Bertz CT molecular complexity index is 1150. The molecule has 176 valence electrons. The molecule has 0 aromatic heterocycles. The summed E-state index contributed by atoms with van der Waals surface area (Å²) < 4.78 is 0. The number of rotatable bonds is 7. The van der Waals surface area contributed by atoms with Gasteiger partial charge in [-0.2, -0.15) is 0 Å². The first kappa shape index (κ1) is 23.5. The molecule has 5 N–H and O–H groups in total. The summed E-state index contributed by atoms with van der Waals surface area (Å²) >= 11 is 1.42. The fraction of sp³-hybridized carbons (Fsp3) is 0.250. The van der Waals surface area contributed by atoms with Crippen LogP contribution >= 0.6 is 11.8 Å². The van der Waals surface area contributed by atoms with Crippen molar-refractivity contribution >= 4 is 35.5 Å². The number of carboxylic acids is 1. The first-order valence-corrected chi connectivity index (χ1v) is 11.7. The highest BCUT2D eigenvalue weighted by Crippen LogP contribution is 2.40. The van der Waals surface area contributed by atoms with E-state index in [4.69, 9.17) is 5.73 Å². The van der Waals surface area contributed by atoms with Gasteiger partial charge in [-0.05, 0) is 23.6 Å². The van der Waals surface area contributed by atoms with Crippen LogP contribution in [-0.2, 0) is 19.2 Å². The molecule has 0 bridgehead atoms. The van der Waals surface area contributed by atoms with Gasteiger partial charge >= 0.3 is 5.97 Å². The zero-order valence-corrected chi connectivity index (χ0v) is 19.1. The zero-order valence-electron chi connectivity index (χ0n) is 18.3. The zero-order chi connectivity index (χ0) is 24.4. The van der Waals surface area contributed by atoms with Gasteiger partial charge in [0.15, 0.2) is 6.04 Å². The highest BCUT2D eigenvalue weighted by Gasteiger charge is 2.54. The lowest BCUT2D eigenvalue weighted by atomic mass is 10.0. The van der Waals surface area contributed by atoms with Gasteiger partial charge in [0, 0.05) is 5.75 Å². The third-order valence-electron chi connectivity index (χ3n) is 5.77. The number of amides is 3. The molecule has 3 amide bonds. The molecule has 1 fully saturated rings. The summed E-state index contributed by atoms with van der Waals surface area (Å²) in [6, 6.07) is 14.1. The summed E-state index contributed by atoms with van der Waals surface area (Å²) in [5, 5.41) is 14.4. The largest absolute Gasteiger partial charge is 0.479 e. The van der Waals surface area contributed by atoms with E-state index in [1.54, 1.807) is 61.5 Å². The van der Waals surface area contributed by atoms with Gasteiger partial charge in [0.1, 0.15) is 23.2 Å². The van der Waals surface area contributed by atoms with Gasteiger partial charge in [-0.3, -0.25) is 19.3 Å². The number of hydrogen-bond acceptors (Lipinski definition) is 6. The SMILES string of the molecule is CC1=C(C(=O)N[C@@H](C(=O)O)c2ccccc2)N2C(=O)[C@@H](NC(=O)[C@H](N)c3ccccc3)[C@H]2SC1. The second-order valence-electron chi connectivity index (χ2n) is 8.07. The van der Waals surface area contributed by atoms with Crippen LogP contribution in [0.2, 0.25) is 0 Å². The molecule has 0 aliphatic carbocycles. The minimum atomic E-state index is -1.27. The lowest BCUT2D eigenvalue weighted by molar-refractivity contribution is -0.148. The lowest BCUT2D eigenvalue weighted by Gasteiger charge is -2.50. The lowest BCUT2D eigenvalue weighted by Crippen LogP contribution is -2.71. The minimum absolute atomic E-state index is 0.119. The topological polar surface area (TPSA) is 142 Å². The van der Waals surface area contributed by atoms with Crippen LogP contribution < -0.4 is 16.4 Å². The summed E-state index contributed by atoms with van der Waals surface area (Å²) in [7, 11) is 0. The average Bonchev–Trinajstić information content (AvgIpc) is 2.85. The van der Waals surface area contributed by atoms with E-state index in [9.17, 15) is 24.3 Å². The number of β-lactam (4-membered cyclic amide) rings is 1. The van der Waals surface area contributed by atoms with Crippen molar-refractivity contribution in [2.45, 2.75) is 30.4 Å². The Morgan fingerprint density at radius 2 is 1.65 bits per heavy atom. The second kappa shape index (κ2) is 9.70. The Hall–Kier alpha value is -3.63. The van der Waals surface area contributed by atoms with Crippen molar-refractivity contribution in [3.63, 3.8) is 0 Å². The molecule has 2 aromatic carbocycles. The van der Waals surface area contributed by atoms with Gasteiger partial charge in [0.05, 0.1) is 0 Å². The van der Waals surface area contributed by atoms with Gasteiger partial charge in [-0.15, -0.1) is 11.8 Å². The Labute approximate surface area is 200 Å². The van der Waals surface area contributed by atoms with Crippen LogP contribution in [0.25, 0.3) is 0 Å². The molecule has 34 heavy (non-hydrogen) atoms. The molecular formula is C24H24N4O5S. The van der Waals surface area contributed by atoms with E-state index in [2.05, 4.69) is 10.6 Å². The van der Waals surface area contributed by atoms with Crippen molar-refractivity contribution in [2.75, 3.05) is 5.75 Å². The fourth-order valence-corrected chi connectivity index (χ4v) is 5.27. The van der Waals surface area contributed by atoms with E-state index in [0.29, 0.717) is 22.5 Å². The van der Waals surface area contributed by atoms with E-state index in [1.165, 1.54) is 16.7 Å². The van der Waals surface area contributed by atoms with Gasteiger partial charge in [0.25, 0.3) is 11.8 Å². The Morgan fingerprint density at radius 1 is 1.06 bits per heavy atom. The summed E-state index contributed by atoms with van der Waals surface area (Å²) in [6.45, 7) is 1.72. The van der Waals surface area contributed by atoms with E-state index in [-0.39, 0.29) is 5.70 Å². The number of nitrogens with one attached hydrogen (secondary N) is 2. The predicted octanol–water partition coefficient (Wildman–Crippen LogP) is 1.30. The fourth-order valence-electron chi connectivity index (χ4n) is 3.98. The molecule has 2 aliphatic heterocycles. The van der Waals surface area contributed by atoms with Crippen LogP contribution in [0.3, 0.4) is 0 Å². The summed E-state index contributed by atoms with van der Waals surface area (Å²) in [5.41, 5.74) is 7.85. The number of aliphatic carboxylic acids is 1. The second-order valence-corrected chi connectivity index (χ2v) is 9.17. The quantitative estimate of drug-likeness (QED) is 0.438.